The number of allylic oxidation sites excluding steroid dienone is 1. The minimum atomic E-state index is -3.68. The Hall–Kier alpha value is -0.840. The second-order valence-corrected chi connectivity index (χ2v) is 10.7. The van der Waals surface area contributed by atoms with Gasteiger partial charge in [0.15, 0.2) is 0 Å². The summed E-state index contributed by atoms with van der Waals surface area (Å²) in [6.07, 6.45) is 19.3. The molecule has 2 aliphatic rings. The second kappa shape index (κ2) is 15.9. The Bertz CT molecular complexity index is 618. The number of fused-ring (bicyclic) bond motifs is 1. The first-order valence-corrected chi connectivity index (χ1v) is 14.5. The van der Waals surface area contributed by atoms with Crippen molar-refractivity contribution in [3.8, 4) is 0 Å². The van der Waals surface area contributed by atoms with Gasteiger partial charge in [-0.3, -0.25) is 9.05 Å². The monoisotopic (exact) mass is 472 g/mol. The first-order chi connectivity index (χ1) is 15.6. The van der Waals surface area contributed by atoms with E-state index in [-0.39, 0.29) is 25.1 Å². The van der Waals surface area contributed by atoms with Gasteiger partial charge in [-0.05, 0) is 12.8 Å². The molecule has 7 heteroatoms. The molecule has 0 aliphatic carbocycles. The molecule has 186 valence electrons. The number of rotatable bonds is 18. The standard InChI is InChI=1S/C25H45O6P/c1-3-5-6-7-8-9-10-11-12-13-14-15-16-17-19-29-32(27)30-21-22-20-28-25(26)24(22)23(31-32)18-4-2/h22H,3-21H2,1-2H3/t22-,32-/m1/s1. The second-order valence-electron chi connectivity index (χ2n) is 9.15. The fourth-order valence-corrected chi connectivity index (χ4v) is 5.67. The molecule has 0 spiro atoms. The lowest BCUT2D eigenvalue weighted by Gasteiger charge is -2.18. The molecule has 0 aromatic carbocycles. The minimum Gasteiger partial charge on any atom is -0.461 e. The number of carbonyl (C=O) groups is 1. The van der Waals surface area contributed by atoms with Crippen LogP contribution in [0.25, 0.3) is 0 Å². The predicted octanol–water partition coefficient (Wildman–Crippen LogP) is 7.87. The molecule has 2 aliphatic heterocycles. The van der Waals surface area contributed by atoms with Gasteiger partial charge in [0.05, 0.1) is 24.7 Å². The zero-order chi connectivity index (χ0) is 23.1. The van der Waals surface area contributed by atoms with Crippen LogP contribution in [-0.2, 0) is 27.7 Å². The molecule has 2 rings (SSSR count). The topological polar surface area (TPSA) is 71.1 Å². The van der Waals surface area contributed by atoms with Crippen LogP contribution < -0.4 is 0 Å². The van der Waals surface area contributed by atoms with E-state index in [0.29, 0.717) is 24.4 Å². The summed E-state index contributed by atoms with van der Waals surface area (Å²) in [4.78, 5) is 12.0. The maximum Gasteiger partial charge on any atom is 0.529 e. The zero-order valence-electron chi connectivity index (χ0n) is 20.4. The molecule has 0 N–H and O–H groups in total. The molecule has 0 saturated carbocycles. The molecule has 0 aromatic heterocycles. The lowest BCUT2D eigenvalue weighted by molar-refractivity contribution is -0.135. The van der Waals surface area contributed by atoms with E-state index in [1.807, 2.05) is 6.92 Å². The lowest BCUT2D eigenvalue weighted by atomic mass is 10.0. The number of unbranched alkanes of at least 4 members (excludes halogenated alkanes) is 13. The molecule has 0 radical (unpaired) electrons. The maximum absolute atomic E-state index is 13.0. The Kier molecular flexibility index (Phi) is 13.6. The Morgan fingerprint density at radius 3 is 1.94 bits per heavy atom. The quantitative estimate of drug-likeness (QED) is 0.115. The van der Waals surface area contributed by atoms with Crippen molar-refractivity contribution in [1.82, 2.24) is 0 Å². The van der Waals surface area contributed by atoms with Crippen LogP contribution in [0.15, 0.2) is 11.3 Å². The third kappa shape index (κ3) is 9.97. The van der Waals surface area contributed by atoms with Crippen LogP contribution >= 0.6 is 7.82 Å². The number of carbonyl (C=O) groups excluding carboxylic acids is 1. The van der Waals surface area contributed by atoms with E-state index in [4.69, 9.17) is 18.3 Å². The average molecular weight is 473 g/mol. The van der Waals surface area contributed by atoms with Crippen LogP contribution in [0.1, 0.15) is 117 Å². The normalized spacial score (nSPS) is 23.1. The molecule has 0 bridgehead atoms. The molecule has 1 fully saturated rings. The summed E-state index contributed by atoms with van der Waals surface area (Å²) in [5, 5.41) is 0. The average Bonchev–Trinajstić information content (AvgIpc) is 3.08. The predicted molar refractivity (Wildman–Crippen MR) is 127 cm³/mol. The van der Waals surface area contributed by atoms with Crippen molar-refractivity contribution >= 4 is 13.8 Å². The van der Waals surface area contributed by atoms with E-state index in [1.165, 1.54) is 77.0 Å². The maximum atomic E-state index is 13.0. The van der Waals surface area contributed by atoms with Crippen LogP contribution in [0.4, 0.5) is 0 Å². The van der Waals surface area contributed by atoms with Gasteiger partial charge in [-0.15, -0.1) is 0 Å². The molecule has 2 heterocycles. The Balaban J connectivity index is 1.52. The van der Waals surface area contributed by atoms with Crippen LogP contribution in [0.5, 0.6) is 0 Å². The summed E-state index contributed by atoms with van der Waals surface area (Å²) in [5.41, 5.74) is 0.477. The fourth-order valence-electron chi connectivity index (χ4n) is 4.31. The molecular formula is C25H45O6P. The van der Waals surface area contributed by atoms with Crippen molar-refractivity contribution in [1.29, 1.82) is 0 Å². The van der Waals surface area contributed by atoms with Gasteiger partial charge in [0.2, 0.25) is 0 Å². The van der Waals surface area contributed by atoms with E-state index in [9.17, 15) is 9.36 Å². The number of phosphoric acid groups is 1. The Morgan fingerprint density at radius 1 is 0.812 bits per heavy atom. The third-order valence-electron chi connectivity index (χ3n) is 6.22. The van der Waals surface area contributed by atoms with Crippen molar-refractivity contribution in [3.63, 3.8) is 0 Å². The van der Waals surface area contributed by atoms with Gasteiger partial charge in [-0.25, -0.2) is 9.36 Å². The first-order valence-electron chi connectivity index (χ1n) is 13.1. The Morgan fingerprint density at radius 2 is 1.38 bits per heavy atom. The van der Waals surface area contributed by atoms with E-state index in [1.54, 1.807) is 0 Å². The van der Waals surface area contributed by atoms with E-state index >= 15 is 0 Å². The summed E-state index contributed by atoms with van der Waals surface area (Å²) in [5.74, 6) is -0.186. The summed E-state index contributed by atoms with van der Waals surface area (Å²) < 4.78 is 34.7. The SMILES string of the molecule is CCCCCCCCCCCCCCCCO[P@]1(=O)OC[C@H]2COC(=O)C2=C(CCC)O1. The van der Waals surface area contributed by atoms with Gasteiger partial charge in [0.1, 0.15) is 12.4 Å². The Labute approximate surface area is 195 Å². The number of esters is 1. The molecule has 2 atom stereocenters. The first kappa shape index (κ1) is 27.4. The van der Waals surface area contributed by atoms with Crippen molar-refractivity contribution in [2.75, 3.05) is 19.8 Å². The lowest BCUT2D eigenvalue weighted by Crippen LogP contribution is -2.10. The van der Waals surface area contributed by atoms with Crippen LogP contribution in [0, 0.1) is 5.92 Å². The van der Waals surface area contributed by atoms with Crippen molar-refractivity contribution in [3.05, 3.63) is 11.3 Å². The number of phosphoric ester groups is 1. The van der Waals surface area contributed by atoms with Crippen molar-refractivity contribution < 1.29 is 27.7 Å². The molecule has 0 amide bonds. The summed E-state index contributed by atoms with van der Waals surface area (Å²) >= 11 is 0. The van der Waals surface area contributed by atoms with Crippen molar-refractivity contribution in [2.45, 2.75) is 117 Å². The zero-order valence-corrected chi connectivity index (χ0v) is 21.3. The highest BCUT2D eigenvalue weighted by Gasteiger charge is 2.43. The summed E-state index contributed by atoms with van der Waals surface area (Å²) in [6.45, 7) is 4.98. The van der Waals surface area contributed by atoms with Gasteiger partial charge >= 0.3 is 13.8 Å². The third-order valence-corrected chi connectivity index (χ3v) is 7.63. The molecular weight excluding hydrogens is 427 g/mol. The van der Waals surface area contributed by atoms with Gasteiger partial charge in [-0.1, -0.05) is 97.3 Å². The van der Waals surface area contributed by atoms with E-state index in [2.05, 4.69) is 6.92 Å². The van der Waals surface area contributed by atoms with Gasteiger partial charge < -0.3 is 9.26 Å². The number of ether oxygens (including phenoxy) is 1. The number of hydrogen-bond acceptors (Lipinski definition) is 6. The minimum absolute atomic E-state index is 0.129. The highest BCUT2D eigenvalue weighted by Crippen LogP contribution is 2.55. The molecule has 0 aromatic rings. The number of cyclic esters (lactones) is 1. The van der Waals surface area contributed by atoms with Gasteiger partial charge in [0, 0.05) is 6.42 Å². The van der Waals surface area contributed by atoms with Gasteiger partial charge in [0.25, 0.3) is 0 Å². The largest absolute Gasteiger partial charge is 0.529 e. The molecule has 32 heavy (non-hydrogen) atoms. The summed E-state index contributed by atoms with van der Waals surface area (Å²) in [6, 6.07) is 0. The van der Waals surface area contributed by atoms with Crippen molar-refractivity contribution in [2.24, 2.45) is 5.92 Å². The van der Waals surface area contributed by atoms with Crippen LogP contribution in [0.2, 0.25) is 0 Å². The molecule has 1 saturated heterocycles. The number of hydrogen-bond donors (Lipinski definition) is 0. The van der Waals surface area contributed by atoms with E-state index < -0.39 is 7.82 Å². The smallest absolute Gasteiger partial charge is 0.461 e. The van der Waals surface area contributed by atoms with Crippen LogP contribution in [-0.4, -0.2) is 25.8 Å². The van der Waals surface area contributed by atoms with Gasteiger partial charge in [-0.2, -0.15) is 0 Å². The fraction of sp³-hybridized carbons (Fsp3) is 0.880. The molecule has 0 unspecified atom stereocenters. The summed E-state index contributed by atoms with van der Waals surface area (Å²) in [7, 11) is -3.68. The van der Waals surface area contributed by atoms with Crippen LogP contribution in [0.3, 0.4) is 0 Å². The highest BCUT2D eigenvalue weighted by atomic mass is 31.2. The molecule has 6 nitrogen and oxygen atoms in total. The van der Waals surface area contributed by atoms with E-state index in [0.717, 1.165) is 19.3 Å². The highest BCUT2D eigenvalue weighted by molar-refractivity contribution is 7.48.